The molecule has 0 spiro atoms. The summed E-state index contributed by atoms with van der Waals surface area (Å²) in [4.78, 5) is 24.5. The molecule has 5 heteroatoms. The fourth-order valence-corrected chi connectivity index (χ4v) is 2.69. The van der Waals surface area contributed by atoms with Crippen LogP contribution in [-0.2, 0) is 9.59 Å². The first-order valence-corrected chi connectivity index (χ1v) is 8.17. The molecule has 3 rings (SSSR count). The van der Waals surface area contributed by atoms with Gasteiger partial charge in [0.15, 0.2) is 0 Å². The number of aryl methyl sites for hydroxylation is 2. The van der Waals surface area contributed by atoms with E-state index in [1.165, 1.54) is 5.56 Å². The molecule has 2 N–H and O–H groups in total. The van der Waals surface area contributed by atoms with Crippen molar-refractivity contribution < 1.29 is 9.59 Å². The molecule has 0 aromatic heterocycles. The number of nitrogens with one attached hydrogen (secondary N) is 2. The van der Waals surface area contributed by atoms with Gasteiger partial charge in [0.1, 0.15) is 0 Å². The molecule has 1 fully saturated rings. The topological polar surface area (TPSA) is 82.0 Å². The lowest BCUT2D eigenvalue weighted by molar-refractivity contribution is -0.122. The van der Waals surface area contributed by atoms with E-state index in [0.29, 0.717) is 17.7 Å². The number of amides is 2. The van der Waals surface area contributed by atoms with Gasteiger partial charge in [-0.05, 0) is 67.8 Å². The van der Waals surface area contributed by atoms with Gasteiger partial charge in [0.2, 0.25) is 11.8 Å². The van der Waals surface area contributed by atoms with Crippen molar-refractivity contribution in [2.45, 2.75) is 20.3 Å². The predicted molar refractivity (Wildman–Crippen MR) is 95.9 cm³/mol. The maximum atomic E-state index is 12.3. The van der Waals surface area contributed by atoms with Crippen LogP contribution in [0.4, 0.5) is 11.4 Å². The van der Waals surface area contributed by atoms with Crippen LogP contribution in [0.25, 0.3) is 0 Å². The summed E-state index contributed by atoms with van der Waals surface area (Å²) in [6.45, 7) is 4.02. The molecule has 0 heterocycles. The highest BCUT2D eigenvalue weighted by atomic mass is 16.2. The molecule has 1 aliphatic rings. The quantitative estimate of drug-likeness (QED) is 0.900. The largest absolute Gasteiger partial charge is 0.326 e. The number of rotatable bonds is 4. The van der Waals surface area contributed by atoms with Crippen molar-refractivity contribution in [2.75, 3.05) is 10.6 Å². The van der Waals surface area contributed by atoms with Crippen LogP contribution in [0.15, 0.2) is 42.5 Å². The van der Waals surface area contributed by atoms with Gasteiger partial charge < -0.3 is 10.6 Å². The second kappa shape index (κ2) is 6.78. The van der Waals surface area contributed by atoms with E-state index in [4.69, 9.17) is 5.26 Å². The summed E-state index contributed by atoms with van der Waals surface area (Å²) < 4.78 is 0. The number of hydrogen-bond acceptors (Lipinski definition) is 3. The van der Waals surface area contributed by atoms with Crippen LogP contribution >= 0.6 is 0 Å². The Hall–Kier alpha value is -3.13. The lowest BCUT2D eigenvalue weighted by Gasteiger charge is -2.08. The summed E-state index contributed by atoms with van der Waals surface area (Å²) in [6, 6.07) is 14.5. The van der Waals surface area contributed by atoms with Crippen LogP contribution in [0.2, 0.25) is 0 Å². The normalized spacial score (nSPS) is 18.1. The number of carbonyl (C=O) groups excluding carboxylic acids is 2. The van der Waals surface area contributed by atoms with Gasteiger partial charge in [-0.15, -0.1) is 0 Å². The average Bonchev–Trinajstić information content (AvgIpc) is 3.40. The highest BCUT2D eigenvalue weighted by Gasteiger charge is 2.48. The van der Waals surface area contributed by atoms with Crippen LogP contribution in [0.3, 0.4) is 0 Å². The SMILES string of the molecule is Cc1ccc(NC(=O)C2CC2C(=O)Nc2ccc(C#N)cc2)cc1C. The molecule has 0 aliphatic heterocycles. The zero-order chi connectivity index (χ0) is 18.0. The van der Waals surface area contributed by atoms with Crippen molar-refractivity contribution in [3.63, 3.8) is 0 Å². The highest BCUT2D eigenvalue weighted by Crippen LogP contribution is 2.40. The standard InChI is InChI=1S/C20H19N3O2/c1-12-3-6-16(9-13(12)2)23-20(25)18-10-17(18)19(24)22-15-7-4-14(11-21)5-8-15/h3-9,17-18H,10H2,1-2H3,(H,22,24)(H,23,25). The van der Waals surface area contributed by atoms with E-state index in [1.54, 1.807) is 24.3 Å². The van der Waals surface area contributed by atoms with E-state index in [0.717, 1.165) is 11.3 Å². The summed E-state index contributed by atoms with van der Waals surface area (Å²) in [6.07, 6.45) is 0.554. The third-order valence-corrected chi connectivity index (χ3v) is 4.52. The van der Waals surface area contributed by atoms with Crippen molar-refractivity contribution in [3.8, 4) is 6.07 Å². The Morgan fingerprint density at radius 1 is 0.920 bits per heavy atom. The van der Waals surface area contributed by atoms with Crippen molar-refractivity contribution in [3.05, 3.63) is 59.2 Å². The number of hydrogen-bond donors (Lipinski definition) is 2. The summed E-state index contributed by atoms with van der Waals surface area (Å²) in [5, 5.41) is 14.4. The zero-order valence-corrected chi connectivity index (χ0v) is 14.2. The average molecular weight is 333 g/mol. The first-order valence-electron chi connectivity index (χ1n) is 8.17. The lowest BCUT2D eigenvalue weighted by Crippen LogP contribution is -2.20. The number of benzene rings is 2. The highest BCUT2D eigenvalue weighted by molar-refractivity contribution is 6.03. The summed E-state index contributed by atoms with van der Waals surface area (Å²) in [5.74, 6) is -0.879. The smallest absolute Gasteiger partial charge is 0.228 e. The van der Waals surface area contributed by atoms with Gasteiger partial charge in [-0.25, -0.2) is 0 Å². The second-order valence-corrected chi connectivity index (χ2v) is 6.42. The molecule has 1 aliphatic carbocycles. The van der Waals surface area contributed by atoms with Gasteiger partial charge in [-0.1, -0.05) is 6.07 Å². The van der Waals surface area contributed by atoms with Crippen molar-refractivity contribution in [1.29, 1.82) is 5.26 Å². The molecular formula is C20H19N3O2. The van der Waals surface area contributed by atoms with E-state index in [1.807, 2.05) is 38.1 Å². The molecule has 0 radical (unpaired) electrons. The van der Waals surface area contributed by atoms with Crippen LogP contribution in [0.1, 0.15) is 23.1 Å². The van der Waals surface area contributed by atoms with Crippen LogP contribution in [-0.4, -0.2) is 11.8 Å². The van der Waals surface area contributed by atoms with Crippen molar-refractivity contribution >= 4 is 23.2 Å². The Bertz CT molecular complexity index is 866. The van der Waals surface area contributed by atoms with E-state index >= 15 is 0 Å². The first-order chi connectivity index (χ1) is 12.0. The minimum Gasteiger partial charge on any atom is -0.326 e. The molecule has 1 saturated carbocycles. The van der Waals surface area contributed by atoms with Crippen LogP contribution in [0, 0.1) is 37.0 Å². The molecule has 5 nitrogen and oxygen atoms in total. The fourth-order valence-electron chi connectivity index (χ4n) is 2.69. The maximum absolute atomic E-state index is 12.3. The van der Waals surface area contributed by atoms with Crippen molar-refractivity contribution in [1.82, 2.24) is 0 Å². The first kappa shape index (κ1) is 16.7. The number of anilines is 2. The van der Waals surface area contributed by atoms with E-state index in [-0.39, 0.29) is 23.7 Å². The van der Waals surface area contributed by atoms with Gasteiger partial charge in [0, 0.05) is 11.4 Å². The third-order valence-electron chi connectivity index (χ3n) is 4.52. The van der Waals surface area contributed by atoms with Gasteiger partial charge in [0.25, 0.3) is 0 Å². The van der Waals surface area contributed by atoms with E-state index in [2.05, 4.69) is 10.6 Å². The molecule has 25 heavy (non-hydrogen) atoms. The van der Waals surface area contributed by atoms with Gasteiger partial charge >= 0.3 is 0 Å². The summed E-state index contributed by atoms with van der Waals surface area (Å²) in [7, 11) is 0. The number of carbonyl (C=O) groups is 2. The van der Waals surface area contributed by atoms with Gasteiger partial charge in [-0.3, -0.25) is 9.59 Å². The Labute approximate surface area is 146 Å². The number of nitrogens with zero attached hydrogens (tertiary/aromatic N) is 1. The molecular weight excluding hydrogens is 314 g/mol. The van der Waals surface area contributed by atoms with Crippen LogP contribution < -0.4 is 10.6 Å². The maximum Gasteiger partial charge on any atom is 0.228 e. The van der Waals surface area contributed by atoms with Gasteiger partial charge in [-0.2, -0.15) is 5.26 Å². The Kier molecular flexibility index (Phi) is 4.53. The third kappa shape index (κ3) is 3.86. The molecule has 2 aromatic rings. The molecule has 126 valence electrons. The minimum atomic E-state index is -0.304. The lowest BCUT2D eigenvalue weighted by atomic mass is 10.1. The molecule has 0 saturated heterocycles. The fraction of sp³-hybridized carbons (Fsp3) is 0.250. The Balaban J connectivity index is 1.55. The van der Waals surface area contributed by atoms with E-state index in [9.17, 15) is 9.59 Å². The molecule has 2 atom stereocenters. The molecule has 0 bridgehead atoms. The minimum absolute atomic E-state index is 0.122. The molecule has 2 unspecified atom stereocenters. The Morgan fingerprint density at radius 2 is 1.48 bits per heavy atom. The van der Waals surface area contributed by atoms with Crippen LogP contribution in [0.5, 0.6) is 0 Å². The molecule has 2 aromatic carbocycles. The number of nitriles is 1. The summed E-state index contributed by atoms with van der Waals surface area (Å²) in [5.41, 5.74) is 4.21. The van der Waals surface area contributed by atoms with E-state index < -0.39 is 0 Å². The monoisotopic (exact) mass is 333 g/mol. The zero-order valence-electron chi connectivity index (χ0n) is 14.2. The van der Waals surface area contributed by atoms with Gasteiger partial charge in [0.05, 0.1) is 23.5 Å². The summed E-state index contributed by atoms with van der Waals surface area (Å²) >= 11 is 0. The Morgan fingerprint density at radius 3 is 2.04 bits per heavy atom. The molecule has 2 amide bonds. The second-order valence-electron chi connectivity index (χ2n) is 6.42. The predicted octanol–water partition coefficient (Wildman–Crippen LogP) is 3.39. The van der Waals surface area contributed by atoms with Crippen molar-refractivity contribution in [2.24, 2.45) is 11.8 Å².